The smallest absolute Gasteiger partial charge is 0.220 e. The lowest BCUT2D eigenvalue weighted by atomic mass is 10.2. The van der Waals surface area contributed by atoms with Gasteiger partial charge in [0, 0.05) is 11.3 Å². The molecular formula is C9H12BrNOS. The standard InChI is InChI=1S/C9H12BrNOS/c1-3-9(12)11-6(2)7-4-5-8(10)13-7/h4-6H,3H2,1-2H3,(H,11,12)/t6-/m0/s1. The van der Waals surface area contributed by atoms with Crippen molar-refractivity contribution in [1.82, 2.24) is 5.32 Å². The second kappa shape index (κ2) is 4.77. The summed E-state index contributed by atoms with van der Waals surface area (Å²) in [5.41, 5.74) is 0. The summed E-state index contributed by atoms with van der Waals surface area (Å²) in [6.07, 6.45) is 0.539. The highest BCUT2D eigenvalue weighted by atomic mass is 79.9. The number of hydrogen-bond donors (Lipinski definition) is 1. The minimum atomic E-state index is 0.0945. The van der Waals surface area contributed by atoms with E-state index in [0.717, 1.165) is 3.79 Å². The quantitative estimate of drug-likeness (QED) is 0.891. The van der Waals surface area contributed by atoms with Crippen molar-refractivity contribution in [2.45, 2.75) is 26.3 Å². The Morgan fingerprint density at radius 1 is 1.69 bits per heavy atom. The first-order valence-electron chi connectivity index (χ1n) is 4.18. The number of thiophene rings is 1. The number of carbonyl (C=O) groups is 1. The van der Waals surface area contributed by atoms with Crippen molar-refractivity contribution in [3.8, 4) is 0 Å². The first-order chi connectivity index (χ1) is 6.13. The van der Waals surface area contributed by atoms with Crippen LogP contribution >= 0.6 is 27.3 Å². The molecule has 1 N–H and O–H groups in total. The van der Waals surface area contributed by atoms with Crippen LogP contribution in [0.2, 0.25) is 0 Å². The van der Waals surface area contributed by atoms with E-state index in [9.17, 15) is 4.79 Å². The molecule has 0 unspecified atom stereocenters. The molecule has 2 nitrogen and oxygen atoms in total. The molecule has 1 aromatic heterocycles. The maximum absolute atomic E-state index is 11.1. The number of rotatable bonds is 3. The van der Waals surface area contributed by atoms with Crippen molar-refractivity contribution in [2.24, 2.45) is 0 Å². The minimum Gasteiger partial charge on any atom is -0.349 e. The van der Waals surface area contributed by atoms with Crippen molar-refractivity contribution in [3.05, 3.63) is 20.8 Å². The van der Waals surface area contributed by atoms with Gasteiger partial charge in [-0.1, -0.05) is 6.92 Å². The van der Waals surface area contributed by atoms with Gasteiger partial charge >= 0.3 is 0 Å². The first-order valence-corrected chi connectivity index (χ1v) is 5.79. The molecule has 0 bridgehead atoms. The second-order valence-electron chi connectivity index (χ2n) is 2.78. The molecule has 0 aliphatic carbocycles. The maximum Gasteiger partial charge on any atom is 0.220 e. The molecule has 13 heavy (non-hydrogen) atoms. The molecular weight excluding hydrogens is 250 g/mol. The molecule has 4 heteroatoms. The van der Waals surface area contributed by atoms with Gasteiger partial charge in [-0.15, -0.1) is 11.3 Å². The van der Waals surface area contributed by atoms with E-state index in [1.807, 2.05) is 26.0 Å². The molecule has 1 aromatic rings. The van der Waals surface area contributed by atoms with Gasteiger partial charge in [0.05, 0.1) is 9.83 Å². The van der Waals surface area contributed by atoms with Gasteiger partial charge in [0.15, 0.2) is 0 Å². The lowest BCUT2D eigenvalue weighted by molar-refractivity contribution is -0.121. The van der Waals surface area contributed by atoms with Gasteiger partial charge < -0.3 is 5.32 Å². The van der Waals surface area contributed by atoms with Crippen molar-refractivity contribution < 1.29 is 4.79 Å². The molecule has 0 fully saturated rings. The Morgan fingerprint density at radius 2 is 2.38 bits per heavy atom. The maximum atomic E-state index is 11.1. The zero-order valence-electron chi connectivity index (χ0n) is 7.63. The SMILES string of the molecule is CCC(=O)N[C@@H](C)c1ccc(Br)s1. The van der Waals surface area contributed by atoms with Crippen LogP contribution in [-0.4, -0.2) is 5.91 Å². The Bertz CT molecular complexity index is 298. The highest BCUT2D eigenvalue weighted by Crippen LogP contribution is 2.26. The van der Waals surface area contributed by atoms with E-state index in [2.05, 4.69) is 21.2 Å². The molecule has 1 heterocycles. The highest BCUT2D eigenvalue weighted by molar-refractivity contribution is 9.11. The van der Waals surface area contributed by atoms with Crippen LogP contribution in [0.1, 0.15) is 31.2 Å². The molecule has 1 rings (SSSR count). The third kappa shape index (κ3) is 3.12. The van der Waals surface area contributed by atoms with Crippen molar-refractivity contribution in [2.75, 3.05) is 0 Å². The van der Waals surface area contributed by atoms with E-state index in [-0.39, 0.29) is 11.9 Å². The first kappa shape index (κ1) is 10.7. The molecule has 0 aliphatic rings. The van der Waals surface area contributed by atoms with Gasteiger partial charge in [0.25, 0.3) is 0 Å². The van der Waals surface area contributed by atoms with Gasteiger partial charge in [-0.05, 0) is 35.0 Å². The van der Waals surface area contributed by atoms with Gasteiger partial charge in [-0.2, -0.15) is 0 Å². The summed E-state index contributed by atoms with van der Waals surface area (Å²) in [5, 5.41) is 2.91. The predicted molar refractivity (Wildman–Crippen MR) is 58.9 cm³/mol. The monoisotopic (exact) mass is 261 g/mol. The summed E-state index contributed by atoms with van der Waals surface area (Å²) >= 11 is 5.04. The summed E-state index contributed by atoms with van der Waals surface area (Å²) in [5.74, 6) is 0.0945. The van der Waals surface area contributed by atoms with Crippen LogP contribution in [0, 0.1) is 0 Å². The lowest BCUT2D eigenvalue weighted by Crippen LogP contribution is -2.24. The normalized spacial score (nSPS) is 12.5. The third-order valence-corrected chi connectivity index (χ3v) is 3.53. The van der Waals surface area contributed by atoms with E-state index < -0.39 is 0 Å². The van der Waals surface area contributed by atoms with E-state index in [0.29, 0.717) is 6.42 Å². The average Bonchev–Trinajstić information content (AvgIpc) is 2.51. The van der Waals surface area contributed by atoms with Crippen molar-refractivity contribution in [1.29, 1.82) is 0 Å². The second-order valence-corrected chi connectivity index (χ2v) is 5.28. The molecule has 1 atom stereocenters. The molecule has 72 valence electrons. The van der Waals surface area contributed by atoms with Crippen LogP contribution < -0.4 is 5.32 Å². The van der Waals surface area contributed by atoms with Gasteiger partial charge in [0.1, 0.15) is 0 Å². The Kier molecular flexibility index (Phi) is 3.93. The Labute approximate surface area is 90.5 Å². The Hall–Kier alpha value is -0.350. The summed E-state index contributed by atoms with van der Waals surface area (Å²) in [6, 6.07) is 4.13. The van der Waals surface area contributed by atoms with Crippen LogP contribution in [0.5, 0.6) is 0 Å². The number of carbonyl (C=O) groups excluding carboxylic acids is 1. The summed E-state index contributed by atoms with van der Waals surface area (Å²) in [6.45, 7) is 3.85. The fourth-order valence-corrected chi connectivity index (χ4v) is 2.40. The molecule has 0 spiro atoms. The number of nitrogens with one attached hydrogen (secondary N) is 1. The van der Waals surface area contributed by atoms with E-state index >= 15 is 0 Å². The van der Waals surface area contributed by atoms with E-state index in [1.54, 1.807) is 11.3 Å². The summed E-state index contributed by atoms with van der Waals surface area (Å²) < 4.78 is 1.10. The topological polar surface area (TPSA) is 29.1 Å². The minimum absolute atomic E-state index is 0.0945. The van der Waals surface area contributed by atoms with Crippen LogP contribution in [0.15, 0.2) is 15.9 Å². The highest BCUT2D eigenvalue weighted by Gasteiger charge is 2.09. The number of hydrogen-bond acceptors (Lipinski definition) is 2. The van der Waals surface area contributed by atoms with Crippen molar-refractivity contribution >= 4 is 33.2 Å². The van der Waals surface area contributed by atoms with Gasteiger partial charge in [-0.25, -0.2) is 0 Å². The van der Waals surface area contributed by atoms with E-state index in [4.69, 9.17) is 0 Å². The molecule has 1 amide bonds. The fraction of sp³-hybridized carbons (Fsp3) is 0.444. The fourth-order valence-electron chi connectivity index (χ4n) is 0.976. The summed E-state index contributed by atoms with van der Waals surface area (Å²) in [7, 11) is 0. The van der Waals surface area contributed by atoms with Crippen LogP contribution in [0.25, 0.3) is 0 Å². The molecule has 0 saturated heterocycles. The third-order valence-electron chi connectivity index (χ3n) is 1.72. The van der Waals surface area contributed by atoms with E-state index in [1.165, 1.54) is 4.88 Å². The zero-order chi connectivity index (χ0) is 9.84. The largest absolute Gasteiger partial charge is 0.349 e. The zero-order valence-corrected chi connectivity index (χ0v) is 10.0. The van der Waals surface area contributed by atoms with Crippen LogP contribution in [0.3, 0.4) is 0 Å². The van der Waals surface area contributed by atoms with Crippen LogP contribution in [0.4, 0.5) is 0 Å². The van der Waals surface area contributed by atoms with Gasteiger partial charge in [-0.3, -0.25) is 4.79 Å². The number of amides is 1. The Morgan fingerprint density at radius 3 is 2.85 bits per heavy atom. The molecule has 0 aromatic carbocycles. The van der Waals surface area contributed by atoms with Crippen molar-refractivity contribution in [3.63, 3.8) is 0 Å². The van der Waals surface area contributed by atoms with Crippen LogP contribution in [-0.2, 0) is 4.79 Å². The van der Waals surface area contributed by atoms with Gasteiger partial charge in [0.2, 0.25) is 5.91 Å². The molecule has 0 aliphatic heterocycles. The lowest BCUT2D eigenvalue weighted by Gasteiger charge is -2.10. The molecule has 0 saturated carbocycles. The predicted octanol–water partition coefficient (Wildman–Crippen LogP) is 3.10. The number of halogens is 1. The average molecular weight is 262 g/mol. The Balaban J connectivity index is 2.58. The molecule has 0 radical (unpaired) electrons. The summed E-state index contributed by atoms with van der Waals surface area (Å²) in [4.78, 5) is 12.3.